The number of anilines is 7. The van der Waals surface area contributed by atoms with Crippen LogP contribution in [0.2, 0.25) is 0 Å². The Balaban J connectivity index is 1.17. The number of rotatable bonds is 3. The van der Waals surface area contributed by atoms with E-state index < -0.39 is 0 Å². The molecule has 7 aromatic carbocycles. The standard InChI is InChI=1S/C64H66BN3/c1-59(2,3)44-26-29-46(30-27-44)66-54-31-28-45(60(4,5)6)38-51(54)65-52-37-43(41-20-12-11-13-21-41)36-50-58(52)68(63(9)34-19-18-33-61(50,63)7)56-40-47(39-55(66)57(56)65)67-53-25-17-16-24-49(53)62(8)35-32-42-22-14-15-23-48(42)64(62,67)10/h11-17,20-31,36-40H,18-19,32-35H2,1-10H3. The summed E-state index contributed by atoms with van der Waals surface area (Å²) in [7, 11) is 0. The predicted molar refractivity (Wildman–Crippen MR) is 289 cm³/mol. The molecule has 0 aromatic heterocycles. The zero-order valence-electron chi connectivity index (χ0n) is 42.0. The van der Waals surface area contributed by atoms with Crippen molar-refractivity contribution in [2.75, 3.05) is 14.7 Å². The number of aryl methyl sites for hydroxylation is 1. The first-order chi connectivity index (χ1) is 32.5. The SMILES string of the molecule is CC(C)(C)c1ccc(N2c3ccc(C(C)(C)C)cc3B3c4cc(-c5ccccc5)cc5c4N(c4cc(N6c7ccccc7C7(C)CCc8ccccc8C67C)cc2c43)C2(C)CCCCC52C)cc1. The molecular formula is C64H66BN3. The maximum atomic E-state index is 2.93. The number of hydrogen-bond donors (Lipinski definition) is 0. The summed E-state index contributed by atoms with van der Waals surface area (Å²) < 4.78 is 0. The van der Waals surface area contributed by atoms with Gasteiger partial charge in [-0.2, -0.15) is 0 Å². The molecule has 4 heterocycles. The zero-order valence-corrected chi connectivity index (χ0v) is 42.0. The van der Waals surface area contributed by atoms with Crippen LogP contribution in [0.5, 0.6) is 0 Å². The van der Waals surface area contributed by atoms with Crippen molar-refractivity contribution >= 4 is 62.9 Å². The van der Waals surface area contributed by atoms with Crippen molar-refractivity contribution in [3.05, 3.63) is 179 Å². The first-order valence-electron chi connectivity index (χ1n) is 25.7. The first kappa shape index (κ1) is 42.1. The lowest BCUT2D eigenvalue weighted by Gasteiger charge is -2.54. The van der Waals surface area contributed by atoms with Crippen molar-refractivity contribution in [3.63, 3.8) is 0 Å². The quantitative estimate of drug-likeness (QED) is 0.164. The van der Waals surface area contributed by atoms with Crippen molar-refractivity contribution in [1.29, 1.82) is 0 Å². The zero-order chi connectivity index (χ0) is 46.9. The van der Waals surface area contributed by atoms with Crippen molar-refractivity contribution < 1.29 is 0 Å². The lowest BCUT2D eigenvalue weighted by molar-refractivity contribution is 0.195. The van der Waals surface area contributed by atoms with E-state index in [0.29, 0.717) is 0 Å². The van der Waals surface area contributed by atoms with Crippen molar-refractivity contribution in [2.24, 2.45) is 0 Å². The topological polar surface area (TPSA) is 9.72 Å². The van der Waals surface area contributed by atoms with E-state index in [9.17, 15) is 0 Å². The molecule has 6 aliphatic rings. The van der Waals surface area contributed by atoms with Gasteiger partial charge in [-0.25, -0.2) is 0 Å². The molecule has 1 saturated carbocycles. The number of hydrogen-bond acceptors (Lipinski definition) is 3. The van der Waals surface area contributed by atoms with Gasteiger partial charge in [-0.05, 0) is 154 Å². The second-order valence-electron chi connectivity index (χ2n) is 24.4. The first-order valence-corrected chi connectivity index (χ1v) is 25.7. The van der Waals surface area contributed by atoms with E-state index in [4.69, 9.17) is 0 Å². The summed E-state index contributed by atoms with van der Waals surface area (Å²) in [5.74, 6) is 0. The number of benzene rings is 7. The van der Waals surface area contributed by atoms with Gasteiger partial charge in [0.25, 0.3) is 6.71 Å². The van der Waals surface area contributed by atoms with Crippen molar-refractivity contribution in [2.45, 2.75) is 141 Å². The average molecular weight is 888 g/mol. The monoisotopic (exact) mass is 888 g/mol. The Kier molecular flexibility index (Phi) is 8.57. The minimum atomic E-state index is -0.324. The molecule has 4 heteroatoms. The summed E-state index contributed by atoms with van der Waals surface area (Å²) in [5.41, 5.74) is 24.3. The highest BCUT2D eigenvalue weighted by molar-refractivity contribution is 7.00. The smallest absolute Gasteiger partial charge is 0.252 e. The molecule has 1 fully saturated rings. The summed E-state index contributed by atoms with van der Waals surface area (Å²) in [6.45, 7) is 24.5. The fourth-order valence-electron chi connectivity index (χ4n) is 14.8. The third-order valence-electron chi connectivity index (χ3n) is 18.9. The third kappa shape index (κ3) is 5.33. The molecule has 13 rings (SSSR count). The van der Waals surface area contributed by atoms with E-state index in [0.717, 1.165) is 19.3 Å². The predicted octanol–water partition coefficient (Wildman–Crippen LogP) is 14.6. The van der Waals surface area contributed by atoms with E-state index in [1.807, 2.05) is 0 Å². The number of fused-ring (bicyclic) bond motifs is 12. The van der Waals surface area contributed by atoms with Gasteiger partial charge in [0.1, 0.15) is 0 Å². The van der Waals surface area contributed by atoms with Crippen LogP contribution in [0.1, 0.15) is 135 Å². The van der Waals surface area contributed by atoms with Crippen LogP contribution < -0.4 is 31.1 Å². The van der Waals surface area contributed by atoms with Crippen LogP contribution in [-0.2, 0) is 33.6 Å². The molecule has 0 saturated heterocycles. The Bertz CT molecular complexity index is 3250. The van der Waals surface area contributed by atoms with Crippen LogP contribution in [0.25, 0.3) is 11.1 Å². The Morgan fingerprint density at radius 2 is 1.13 bits per heavy atom. The van der Waals surface area contributed by atoms with Gasteiger partial charge in [-0.3, -0.25) is 0 Å². The van der Waals surface area contributed by atoms with E-state index in [1.54, 1.807) is 0 Å². The van der Waals surface area contributed by atoms with E-state index in [-0.39, 0.29) is 39.5 Å². The minimum Gasteiger partial charge on any atom is -0.335 e. The maximum absolute atomic E-state index is 2.93. The molecule has 4 aliphatic heterocycles. The molecule has 4 atom stereocenters. The summed E-state index contributed by atoms with van der Waals surface area (Å²) in [5, 5.41) is 0. The van der Waals surface area contributed by atoms with Gasteiger partial charge in [-0.15, -0.1) is 0 Å². The summed E-state index contributed by atoms with van der Waals surface area (Å²) >= 11 is 0. The summed E-state index contributed by atoms with van der Waals surface area (Å²) in [6.07, 6.45) is 7.01. The fourth-order valence-corrected chi connectivity index (χ4v) is 14.8. The Morgan fingerprint density at radius 1 is 0.471 bits per heavy atom. The van der Waals surface area contributed by atoms with Crippen molar-refractivity contribution in [3.8, 4) is 11.1 Å². The molecule has 68 heavy (non-hydrogen) atoms. The summed E-state index contributed by atoms with van der Waals surface area (Å²) in [6, 6.07) is 57.6. The Labute approximate surface area is 406 Å². The fraction of sp³-hybridized carbons (Fsp3) is 0.344. The van der Waals surface area contributed by atoms with Crippen LogP contribution in [0.4, 0.5) is 39.8 Å². The molecule has 340 valence electrons. The molecule has 0 spiro atoms. The maximum Gasteiger partial charge on any atom is 0.252 e. The molecular weight excluding hydrogens is 822 g/mol. The van der Waals surface area contributed by atoms with Crippen LogP contribution in [0.15, 0.2) is 146 Å². The minimum absolute atomic E-state index is 0.0207. The summed E-state index contributed by atoms with van der Waals surface area (Å²) in [4.78, 5) is 8.40. The molecule has 4 unspecified atom stereocenters. The van der Waals surface area contributed by atoms with E-state index in [1.165, 1.54) is 120 Å². The van der Waals surface area contributed by atoms with Crippen LogP contribution in [0.3, 0.4) is 0 Å². The molecule has 0 amide bonds. The Hall–Kier alpha value is -6.00. The lowest BCUT2D eigenvalue weighted by atomic mass is 9.33. The van der Waals surface area contributed by atoms with Gasteiger partial charge in [-0.1, -0.05) is 171 Å². The van der Waals surface area contributed by atoms with E-state index in [2.05, 4.69) is 230 Å². The largest absolute Gasteiger partial charge is 0.335 e. The van der Waals surface area contributed by atoms with E-state index >= 15 is 0 Å². The lowest BCUT2D eigenvalue weighted by Crippen LogP contribution is -2.64. The van der Waals surface area contributed by atoms with Gasteiger partial charge < -0.3 is 14.7 Å². The molecule has 0 N–H and O–H groups in total. The molecule has 0 radical (unpaired) electrons. The number of para-hydroxylation sites is 1. The molecule has 0 bridgehead atoms. The van der Waals surface area contributed by atoms with Crippen LogP contribution in [0, 0.1) is 0 Å². The van der Waals surface area contributed by atoms with Crippen LogP contribution >= 0.6 is 0 Å². The molecule has 3 nitrogen and oxygen atoms in total. The normalized spacial score (nSPS) is 25.0. The van der Waals surface area contributed by atoms with Gasteiger partial charge >= 0.3 is 0 Å². The Morgan fingerprint density at radius 3 is 1.88 bits per heavy atom. The van der Waals surface area contributed by atoms with Crippen molar-refractivity contribution in [1.82, 2.24) is 0 Å². The van der Waals surface area contributed by atoms with Gasteiger partial charge in [0.15, 0.2) is 0 Å². The van der Waals surface area contributed by atoms with Gasteiger partial charge in [0.2, 0.25) is 0 Å². The highest BCUT2D eigenvalue weighted by Crippen LogP contribution is 2.66. The van der Waals surface area contributed by atoms with Crippen LogP contribution in [-0.4, -0.2) is 12.3 Å². The number of nitrogens with zero attached hydrogens (tertiary/aromatic N) is 3. The second kappa shape index (κ2) is 13.8. The highest BCUT2D eigenvalue weighted by atomic mass is 15.3. The van der Waals surface area contributed by atoms with Gasteiger partial charge in [0, 0.05) is 50.6 Å². The molecule has 2 aliphatic carbocycles. The highest BCUT2D eigenvalue weighted by Gasteiger charge is 2.63. The van der Waals surface area contributed by atoms with Gasteiger partial charge in [0.05, 0.1) is 11.1 Å². The molecule has 7 aromatic rings. The third-order valence-corrected chi connectivity index (χ3v) is 18.9. The average Bonchev–Trinajstić information content (AvgIpc) is 3.68. The second-order valence-corrected chi connectivity index (χ2v) is 24.4.